The number of hydrogen-bond acceptors (Lipinski definition) is 5. The first kappa shape index (κ1) is 21.9. The number of ether oxygens (including phenoxy) is 2. The van der Waals surface area contributed by atoms with Gasteiger partial charge in [-0.1, -0.05) is 36.4 Å². The van der Waals surface area contributed by atoms with Crippen LogP contribution in [0.25, 0.3) is 0 Å². The highest BCUT2D eigenvalue weighted by Gasteiger charge is 2.16. The van der Waals surface area contributed by atoms with Crippen molar-refractivity contribution in [1.82, 2.24) is 0 Å². The second-order valence-corrected chi connectivity index (χ2v) is 6.97. The van der Waals surface area contributed by atoms with Crippen LogP contribution in [-0.4, -0.2) is 25.1 Å². The van der Waals surface area contributed by atoms with Crippen molar-refractivity contribution in [2.24, 2.45) is 0 Å². The molecule has 0 heterocycles. The van der Waals surface area contributed by atoms with Gasteiger partial charge in [0.1, 0.15) is 5.75 Å². The maximum atomic E-state index is 12.7. The molecule has 0 saturated heterocycles. The summed E-state index contributed by atoms with van der Waals surface area (Å²) < 4.78 is 10.8. The molecule has 0 unspecified atom stereocenters. The largest absolute Gasteiger partial charge is 0.492 e. The highest BCUT2D eigenvalue weighted by atomic mass is 16.5. The van der Waals surface area contributed by atoms with Crippen molar-refractivity contribution in [2.45, 2.75) is 20.8 Å². The minimum atomic E-state index is -0.582. The van der Waals surface area contributed by atoms with Crippen molar-refractivity contribution in [1.29, 1.82) is 0 Å². The second-order valence-electron chi connectivity index (χ2n) is 6.97. The molecule has 0 aliphatic heterocycles. The monoisotopic (exact) mass is 418 g/mol. The van der Waals surface area contributed by atoms with E-state index >= 15 is 0 Å². The van der Waals surface area contributed by atoms with Gasteiger partial charge in [-0.3, -0.25) is 4.79 Å². The Morgan fingerprint density at radius 1 is 0.839 bits per heavy atom. The van der Waals surface area contributed by atoms with Crippen LogP contribution in [0.1, 0.15) is 28.4 Å². The van der Waals surface area contributed by atoms with Gasteiger partial charge in [-0.2, -0.15) is 0 Å². The third-order valence-electron chi connectivity index (χ3n) is 4.82. The lowest BCUT2D eigenvalue weighted by Crippen LogP contribution is -2.21. The van der Waals surface area contributed by atoms with Gasteiger partial charge in [0.2, 0.25) is 0 Å². The first-order chi connectivity index (χ1) is 15.0. The zero-order chi connectivity index (χ0) is 22.2. The van der Waals surface area contributed by atoms with Crippen LogP contribution in [0.15, 0.2) is 66.7 Å². The molecule has 0 aliphatic rings. The molecule has 0 bridgehead atoms. The molecule has 160 valence electrons. The highest BCUT2D eigenvalue weighted by molar-refractivity contribution is 5.99. The average molecular weight is 418 g/mol. The van der Waals surface area contributed by atoms with Gasteiger partial charge in [0.15, 0.2) is 6.61 Å². The number of anilines is 3. The lowest BCUT2D eigenvalue weighted by atomic mass is 10.1. The summed E-state index contributed by atoms with van der Waals surface area (Å²) in [7, 11) is 0. The van der Waals surface area contributed by atoms with Crippen LogP contribution >= 0.6 is 0 Å². The van der Waals surface area contributed by atoms with Gasteiger partial charge in [0.25, 0.3) is 5.91 Å². The minimum Gasteiger partial charge on any atom is -0.492 e. The molecule has 0 aromatic heterocycles. The van der Waals surface area contributed by atoms with Gasteiger partial charge < -0.3 is 20.1 Å². The number of aryl methyl sites for hydroxylation is 1. The number of benzene rings is 3. The van der Waals surface area contributed by atoms with Crippen LogP contribution in [0.3, 0.4) is 0 Å². The Morgan fingerprint density at radius 3 is 2.29 bits per heavy atom. The van der Waals surface area contributed by atoms with E-state index in [1.165, 1.54) is 0 Å². The summed E-state index contributed by atoms with van der Waals surface area (Å²) >= 11 is 0. The summed E-state index contributed by atoms with van der Waals surface area (Å²) in [5, 5.41) is 6.01. The summed E-state index contributed by atoms with van der Waals surface area (Å²) in [6, 6.07) is 20.1. The molecular formula is C25H26N2O4. The average Bonchev–Trinajstić information content (AvgIpc) is 2.77. The Kier molecular flexibility index (Phi) is 7.27. The Morgan fingerprint density at radius 2 is 1.52 bits per heavy atom. The summed E-state index contributed by atoms with van der Waals surface area (Å²) in [6.07, 6.45) is 0. The SMILES string of the molecule is CCOc1ccccc1NC(=O)COC(=O)c1ccccc1Nc1cccc(C)c1C. The number of esters is 1. The number of para-hydroxylation sites is 3. The van der Waals surface area contributed by atoms with Gasteiger partial charge in [0.05, 0.1) is 23.5 Å². The van der Waals surface area contributed by atoms with E-state index in [4.69, 9.17) is 9.47 Å². The summed E-state index contributed by atoms with van der Waals surface area (Å²) in [4.78, 5) is 25.0. The van der Waals surface area contributed by atoms with Crippen molar-refractivity contribution in [3.05, 3.63) is 83.4 Å². The molecule has 3 aromatic carbocycles. The highest BCUT2D eigenvalue weighted by Crippen LogP contribution is 2.26. The first-order valence-corrected chi connectivity index (χ1v) is 10.1. The van der Waals surface area contributed by atoms with Crippen LogP contribution in [0.4, 0.5) is 17.1 Å². The smallest absolute Gasteiger partial charge is 0.340 e. The van der Waals surface area contributed by atoms with Crippen molar-refractivity contribution in [3.63, 3.8) is 0 Å². The lowest BCUT2D eigenvalue weighted by molar-refractivity contribution is -0.119. The number of rotatable bonds is 8. The van der Waals surface area contributed by atoms with Gasteiger partial charge >= 0.3 is 5.97 Å². The number of hydrogen-bond donors (Lipinski definition) is 2. The fourth-order valence-electron chi connectivity index (χ4n) is 3.05. The molecule has 0 spiro atoms. The van der Waals surface area contributed by atoms with Crippen LogP contribution in [0.2, 0.25) is 0 Å². The van der Waals surface area contributed by atoms with Crippen LogP contribution in [-0.2, 0) is 9.53 Å². The van der Waals surface area contributed by atoms with Gasteiger partial charge in [-0.25, -0.2) is 4.79 Å². The molecule has 0 saturated carbocycles. The van der Waals surface area contributed by atoms with Crippen molar-refractivity contribution in [2.75, 3.05) is 23.8 Å². The molecule has 3 aromatic rings. The molecule has 0 radical (unpaired) electrons. The topological polar surface area (TPSA) is 76.7 Å². The van der Waals surface area contributed by atoms with E-state index in [1.54, 1.807) is 36.4 Å². The van der Waals surface area contributed by atoms with Crippen LogP contribution in [0, 0.1) is 13.8 Å². The van der Waals surface area contributed by atoms with Gasteiger partial charge in [0, 0.05) is 5.69 Å². The van der Waals surface area contributed by atoms with Crippen molar-refractivity contribution < 1.29 is 19.1 Å². The maximum absolute atomic E-state index is 12.7. The van der Waals surface area contributed by atoms with Crippen LogP contribution < -0.4 is 15.4 Å². The molecule has 1 amide bonds. The van der Waals surface area contributed by atoms with E-state index in [0.29, 0.717) is 29.3 Å². The maximum Gasteiger partial charge on any atom is 0.340 e. The summed E-state index contributed by atoms with van der Waals surface area (Å²) in [6.45, 7) is 5.99. The molecule has 3 rings (SSSR count). The normalized spacial score (nSPS) is 10.3. The van der Waals surface area contributed by atoms with E-state index in [0.717, 1.165) is 16.8 Å². The first-order valence-electron chi connectivity index (χ1n) is 10.1. The predicted molar refractivity (Wildman–Crippen MR) is 122 cm³/mol. The van der Waals surface area contributed by atoms with Crippen molar-refractivity contribution >= 4 is 28.9 Å². The fraction of sp³-hybridized carbons (Fsp3) is 0.200. The van der Waals surface area contributed by atoms with Crippen molar-refractivity contribution in [3.8, 4) is 5.75 Å². The minimum absolute atomic E-state index is 0.353. The Balaban J connectivity index is 1.66. The molecule has 6 nitrogen and oxygen atoms in total. The molecular weight excluding hydrogens is 392 g/mol. The molecule has 0 fully saturated rings. The van der Waals surface area contributed by atoms with E-state index in [1.807, 2.05) is 51.1 Å². The molecule has 0 aliphatic carbocycles. The van der Waals surface area contributed by atoms with E-state index < -0.39 is 18.5 Å². The zero-order valence-electron chi connectivity index (χ0n) is 17.9. The fourth-order valence-corrected chi connectivity index (χ4v) is 3.05. The van der Waals surface area contributed by atoms with Crippen LogP contribution in [0.5, 0.6) is 5.75 Å². The number of carbonyl (C=O) groups is 2. The lowest BCUT2D eigenvalue weighted by Gasteiger charge is -2.15. The predicted octanol–water partition coefficient (Wildman–Crippen LogP) is 5.24. The summed E-state index contributed by atoms with van der Waals surface area (Å²) in [5.41, 5.74) is 4.65. The Hall–Kier alpha value is -3.80. The molecule has 31 heavy (non-hydrogen) atoms. The number of nitrogens with one attached hydrogen (secondary N) is 2. The van der Waals surface area contributed by atoms with Gasteiger partial charge in [-0.15, -0.1) is 0 Å². The van der Waals surface area contributed by atoms with E-state index in [2.05, 4.69) is 10.6 Å². The molecule has 0 atom stereocenters. The molecule has 6 heteroatoms. The Bertz CT molecular complexity index is 1080. The summed E-state index contributed by atoms with van der Waals surface area (Å²) in [5.74, 6) is -0.463. The Labute approximate surface area is 182 Å². The molecule has 2 N–H and O–H groups in total. The van der Waals surface area contributed by atoms with E-state index in [-0.39, 0.29) is 0 Å². The van der Waals surface area contributed by atoms with E-state index in [9.17, 15) is 9.59 Å². The third kappa shape index (κ3) is 5.63. The van der Waals surface area contributed by atoms with Gasteiger partial charge in [-0.05, 0) is 62.2 Å². The quantitative estimate of drug-likeness (QED) is 0.489. The third-order valence-corrected chi connectivity index (χ3v) is 4.82. The standard InChI is InChI=1S/C25H26N2O4/c1-4-30-23-15-8-7-13-22(23)27-24(28)16-31-25(29)19-11-5-6-12-21(19)26-20-14-9-10-17(2)18(20)3/h5-15,26H,4,16H2,1-3H3,(H,27,28). The number of amides is 1. The zero-order valence-corrected chi connectivity index (χ0v) is 17.9. The second kappa shape index (κ2) is 10.3. The number of carbonyl (C=O) groups excluding carboxylic acids is 2.